The van der Waals surface area contributed by atoms with Crippen LogP contribution in [-0.2, 0) is 11.8 Å². The van der Waals surface area contributed by atoms with Crippen molar-refractivity contribution in [3.63, 3.8) is 0 Å². The lowest BCUT2D eigenvalue weighted by Crippen LogP contribution is -2.54. The first-order valence-corrected chi connectivity index (χ1v) is 6.49. The zero-order valence-corrected chi connectivity index (χ0v) is 11.3. The largest absolute Gasteiger partial charge is 0.354 e. The second-order valence-corrected chi connectivity index (χ2v) is 4.94. The number of hydrogen-bond acceptors (Lipinski definition) is 5. The molecule has 3 heterocycles. The van der Waals surface area contributed by atoms with Gasteiger partial charge in [0.15, 0.2) is 5.65 Å². The summed E-state index contributed by atoms with van der Waals surface area (Å²) < 4.78 is 25.7. The van der Waals surface area contributed by atoms with Gasteiger partial charge in [0.05, 0.1) is 24.0 Å². The number of halogens is 2. The van der Waals surface area contributed by atoms with Crippen molar-refractivity contribution in [3.05, 3.63) is 12.5 Å². The van der Waals surface area contributed by atoms with Crippen molar-refractivity contribution < 1.29 is 13.6 Å². The van der Waals surface area contributed by atoms with Gasteiger partial charge in [-0.25, -0.2) is 18.7 Å². The maximum Gasteiger partial charge on any atom is 0.255 e. The number of alkyl halides is 2. The Morgan fingerprint density at radius 1 is 1.48 bits per heavy atom. The van der Waals surface area contributed by atoms with Crippen LogP contribution < -0.4 is 10.2 Å². The lowest BCUT2D eigenvalue weighted by molar-refractivity contribution is -0.126. The summed E-state index contributed by atoms with van der Waals surface area (Å²) in [6.07, 6.45) is 0.597. The Morgan fingerprint density at radius 3 is 2.95 bits per heavy atom. The minimum absolute atomic E-state index is 0.287. The SMILES string of the molecule is Cn1ncc2c(N3CC(C(=O)NCC(F)F)C3)ncnc21. The van der Waals surface area contributed by atoms with E-state index in [-0.39, 0.29) is 11.8 Å². The van der Waals surface area contributed by atoms with E-state index in [2.05, 4.69) is 20.4 Å². The van der Waals surface area contributed by atoms with Crippen molar-refractivity contribution in [2.75, 3.05) is 24.5 Å². The molecule has 1 aliphatic rings. The fourth-order valence-corrected chi connectivity index (χ4v) is 2.34. The Balaban J connectivity index is 1.66. The van der Waals surface area contributed by atoms with Gasteiger partial charge in [-0.3, -0.25) is 9.48 Å². The Kier molecular flexibility index (Phi) is 3.40. The van der Waals surface area contributed by atoms with Crippen molar-refractivity contribution >= 4 is 22.8 Å². The van der Waals surface area contributed by atoms with Crippen LogP contribution in [0.5, 0.6) is 0 Å². The van der Waals surface area contributed by atoms with Gasteiger partial charge >= 0.3 is 0 Å². The summed E-state index contributed by atoms with van der Waals surface area (Å²) >= 11 is 0. The molecule has 7 nitrogen and oxygen atoms in total. The monoisotopic (exact) mass is 296 g/mol. The van der Waals surface area contributed by atoms with Gasteiger partial charge in [0.2, 0.25) is 5.91 Å². The molecule has 0 unspecified atom stereocenters. The van der Waals surface area contributed by atoms with Gasteiger partial charge in [0.25, 0.3) is 6.43 Å². The van der Waals surface area contributed by atoms with Crippen LogP contribution in [0.4, 0.5) is 14.6 Å². The number of amides is 1. The van der Waals surface area contributed by atoms with Crippen LogP contribution in [-0.4, -0.2) is 51.7 Å². The third kappa shape index (κ3) is 2.50. The number of rotatable bonds is 4. The topological polar surface area (TPSA) is 75.9 Å². The zero-order valence-electron chi connectivity index (χ0n) is 11.3. The lowest BCUT2D eigenvalue weighted by atomic mass is 9.99. The van der Waals surface area contributed by atoms with Gasteiger partial charge < -0.3 is 10.2 Å². The standard InChI is InChI=1S/C12H14F2N6O/c1-19-10-8(2-18-19)11(17-6-16-10)20-4-7(5-20)12(21)15-3-9(13)14/h2,6-7,9H,3-5H2,1H3,(H,15,21). The van der Waals surface area contributed by atoms with Crippen LogP contribution in [0.1, 0.15) is 0 Å². The quantitative estimate of drug-likeness (QED) is 0.871. The molecular weight excluding hydrogens is 282 g/mol. The van der Waals surface area contributed by atoms with Crippen LogP contribution in [0.3, 0.4) is 0 Å². The molecule has 1 fully saturated rings. The van der Waals surface area contributed by atoms with Crippen molar-refractivity contribution in [1.29, 1.82) is 0 Å². The fraction of sp³-hybridized carbons (Fsp3) is 0.500. The average molecular weight is 296 g/mol. The summed E-state index contributed by atoms with van der Waals surface area (Å²) in [5, 5.41) is 7.17. The summed E-state index contributed by atoms with van der Waals surface area (Å²) in [5.41, 5.74) is 0.714. The zero-order chi connectivity index (χ0) is 15.0. The van der Waals surface area contributed by atoms with E-state index in [1.165, 1.54) is 6.33 Å². The highest BCUT2D eigenvalue weighted by molar-refractivity contribution is 5.89. The van der Waals surface area contributed by atoms with Gasteiger partial charge in [-0.15, -0.1) is 0 Å². The van der Waals surface area contributed by atoms with E-state index in [9.17, 15) is 13.6 Å². The molecule has 1 saturated heterocycles. The molecule has 112 valence electrons. The van der Waals surface area contributed by atoms with Crippen molar-refractivity contribution in [2.24, 2.45) is 13.0 Å². The van der Waals surface area contributed by atoms with Crippen molar-refractivity contribution in [2.45, 2.75) is 6.43 Å². The van der Waals surface area contributed by atoms with E-state index in [1.807, 2.05) is 4.90 Å². The predicted molar refractivity (Wildman–Crippen MR) is 71.0 cm³/mol. The van der Waals surface area contributed by atoms with Crippen LogP contribution >= 0.6 is 0 Å². The highest BCUT2D eigenvalue weighted by Crippen LogP contribution is 2.28. The van der Waals surface area contributed by atoms with Crippen LogP contribution in [0, 0.1) is 5.92 Å². The Bertz CT molecular complexity index is 667. The maximum absolute atomic E-state index is 12.0. The summed E-state index contributed by atoms with van der Waals surface area (Å²) in [4.78, 5) is 21.9. The van der Waals surface area contributed by atoms with Crippen LogP contribution in [0.2, 0.25) is 0 Å². The summed E-state index contributed by atoms with van der Waals surface area (Å²) in [7, 11) is 1.79. The second-order valence-electron chi connectivity index (χ2n) is 4.94. The molecule has 21 heavy (non-hydrogen) atoms. The number of hydrogen-bond donors (Lipinski definition) is 1. The molecule has 0 radical (unpaired) electrons. The fourth-order valence-electron chi connectivity index (χ4n) is 2.34. The molecule has 0 aromatic carbocycles. The Hall–Kier alpha value is -2.32. The van der Waals surface area contributed by atoms with Gasteiger partial charge in [0, 0.05) is 20.1 Å². The van der Waals surface area contributed by atoms with Crippen molar-refractivity contribution in [1.82, 2.24) is 25.1 Å². The third-order valence-electron chi connectivity index (χ3n) is 3.49. The molecular formula is C12H14F2N6O. The molecule has 3 rings (SSSR count). The maximum atomic E-state index is 12.0. The summed E-state index contributed by atoms with van der Waals surface area (Å²) in [6, 6.07) is 0. The van der Waals surface area contributed by atoms with E-state index < -0.39 is 13.0 Å². The predicted octanol–water partition coefficient (Wildman–Crippen LogP) is 0.181. The van der Waals surface area contributed by atoms with E-state index in [0.717, 1.165) is 5.39 Å². The van der Waals surface area contributed by atoms with Gasteiger partial charge in [-0.1, -0.05) is 0 Å². The molecule has 0 saturated carbocycles. The Morgan fingerprint density at radius 2 is 2.24 bits per heavy atom. The smallest absolute Gasteiger partial charge is 0.255 e. The molecule has 2 aromatic rings. The lowest BCUT2D eigenvalue weighted by Gasteiger charge is -2.39. The first kappa shape index (κ1) is 13.7. The van der Waals surface area contributed by atoms with Crippen LogP contribution in [0.25, 0.3) is 11.0 Å². The molecule has 1 N–H and O–H groups in total. The number of nitrogens with one attached hydrogen (secondary N) is 1. The molecule has 1 aliphatic heterocycles. The van der Waals surface area contributed by atoms with E-state index in [4.69, 9.17) is 0 Å². The molecule has 0 spiro atoms. The number of fused-ring (bicyclic) bond motifs is 1. The van der Waals surface area contributed by atoms with Gasteiger partial charge in [-0.05, 0) is 0 Å². The normalized spacial score (nSPS) is 15.5. The number of aromatic nitrogens is 4. The number of aryl methyl sites for hydroxylation is 1. The first-order valence-electron chi connectivity index (χ1n) is 6.49. The highest BCUT2D eigenvalue weighted by atomic mass is 19.3. The van der Waals surface area contributed by atoms with E-state index >= 15 is 0 Å². The second kappa shape index (κ2) is 5.23. The first-order chi connectivity index (χ1) is 10.1. The third-order valence-corrected chi connectivity index (χ3v) is 3.49. The molecule has 1 amide bonds. The molecule has 0 bridgehead atoms. The highest BCUT2D eigenvalue weighted by Gasteiger charge is 2.34. The summed E-state index contributed by atoms with van der Waals surface area (Å²) in [5.74, 6) is 0.0829. The molecule has 2 aromatic heterocycles. The molecule has 9 heteroatoms. The van der Waals surface area contributed by atoms with E-state index in [0.29, 0.717) is 24.6 Å². The minimum Gasteiger partial charge on any atom is -0.354 e. The van der Waals surface area contributed by atoms with E-state index in [1.54, 1.807) is 17.9 Å². The Labute approximate surface area is 119 Å². The molecule has 0 aliphatic carbocycles. The summed E-state index contributed by atoms with van der Waals surface area (Å²) in [6.45, 7) is 0.307. The number of carbonyl (C=O) groups excluding carboxylic acids is 1. The van der Waals surface area contributed by atoms with Crippen molar-refractivity contribution in [3.8, 4) is 0 Å². The average Bonchev–Trinajstić information content (AvgIpc) is 2.78. The van der Waals surface area contributed by atoms with Gasteiger partial charge in [-0.2, -0.15) is 5.10 Å². The molecule has 0 atom stereocenters. The number of anilines is 1. The number of nitrogens with zero attached hydrogens (tertiary/aromatic N) is 5. The van der Waals surface area contributed by atoms with Gasteiger partial charge in [0.1, 0.15) is 12.1 Å². The minimum atomic E-state index is -2.53. The van der Waals surface area contributed by atoms with Crippen LogP contribution in [0.15, 0.2) is 12.5 Å². The number of carbonyl (C=O) groups is 1.